The highest BCUT2D eigenvalue weighted by Crippen LogP contribution is 2.41. The first kappa shape index (κ1) is 19.8. The van der Waals surface area contributed by atoms with Gasteiger partial charge in [0.15, 0.2) is 0 Å². The monoisotopic (exact) mass is 398 g/mol. The summed E-state index contributed by atoms with van der Waals surface area (Å²) in [5.41, 5.74) is 8.25. The average Bonchev–Trinajstić information content (AvgIpc) is 3.31. The third-order valence-corrected chi connectivity index (χ3v) is 6.70. The number of carbonyl (C=O) groups excluding carboxylic acids is 2. The number of nitrogens with zero attached hydrogens (tertiary/aromatic N) is 1. The molecule has 2 aromatic rings. The van der Waals surface area contributed by atoms with Gasteiger partial charge in [-0.2, -0.15) is 0 Å². The van der Waals surface area contributed by atoms with E-state index in [1.54, 1.807) is 6.92 Å². The number of primary amides is 1. The molecule has 6 heteroatoms. The first-order chi connectivity index (χ1) is 14.0. The summed E-state index contributed by atoms with van der Waals surface area (Å²) in [5.74, 6) is 0.461. The van der Waals surface area contributed by atoms with Gasteiger partial charge in [-0.3, -0.25) is 4.79 Å². The normalized spacial score (nSPS) is 22.9. The average molecular weight is 399 g/mol. The quantitative estimate of drug-likeness (QED) is 0.764. The molecule has 0 radical (unpaired) electrons. The number of fused-ring (bicyclic) bond motifs is 1. The Hall–Kier alpha value is -2.50. The SMILES string of the molecule is CCOC(=O)c1oc2ccc(N3CC[C@@H](C4CCCCC4)[C@H]3C(N)=O)cc2c1C. The van der Waals surface area contributed by atoms with E-state index in [2.05, 4.69) is 4.90 Å². The van der Waals surface area contributed by atoms with E-state index >= 15 is 0 Å². The van der Waals surface area contributed by atoms with E-state index in [9.17, 15) is 9.59 Å². The molecular formula is C23H30N2O4. The summed E-state index contributed by atoms with van der Waals surface area (Å²) in [5, 5.41) is 0.870. The summed E-state index contributed by atoms with van der Waals surface area (Å²) in [7, 11) is 0. The van der Waals surface area contributed by atoms with Crippen LogP contribution in [0.25, 0.3) is 11.0 Å². The van der Waals surface area contributed by atoms with Crippen molar-refractivity contribution in [2.24, 2.45) is 17.6 Å². The van der Waals surface area contributed by atoms with Crippen molar-refractivity contribution < 1.29 is 18.7 Å². The van der Waals surface area contributed by atoms with Crippen LogP contribution in [-0.4, -0.2) is 31.1 Å². The van der Waals surface area contributed by atoms with E-state index in [1.807, 2.05) is 25.1 Å². The fourth-order valence-corrected chi connectivity index (χ4v) is 5.31. The highest BCUT2D eigenvalue weighted by molar-refractivity contribution is 5.97. The molecule has 1 amide bonds. The van der Waals surface area contributed by atoms with Crippen molar-refractivity contribution in [1.29, 1.82) is 0 Å². The summed E-state index contributed by atoms with van der Waals surface area (Å²) in [6.45, 7) is 4.76. The molecule has 1 aliphatic carbocycles. The maximum atomic E-state index is 12.4. The van der Waals surface area contributed by atoms with Gasteiger partial charge in [0.1, 0.15) is 11.6 Å². The van der Waals surface area contributed by atoms with Crippen LogP contribution < -0.4 is 10.6 Å². The van der Waals surface area contributed by atoms with Crippen molar-refractivity contribution in [2.45, 2.75) is 58.4 Å². The topological polar surface area (TPSA) is 85.8 Å². The van der Waals surface area contributed by atoms with Gasteiger partial charge in [-0.15, -0.1) is 0 Å². The second kappa shape index (κ2) is 8.09. The van der Waals surface area contributed by atoms with Gasteiger partial charge < -0.3 is 19.8 Å². The molecule has 1 aromatic heterocycles. The van der Waals surface area contributed by atoms with Gasteiger partial charge in [0, 0.05) is 23.2 Å². The lowest BCUT2D eigenvalue weighted by atomic mass is 9.76. The number of furan rings is 1. The van der Waals surface area contributed by atoms with E-state index in [0.717, 1.165) is 29.6 Å². The molecular weight excluding hydrogens is 368 g/mol. The summed E-state index contributed by atoms with van der Waals surface area (Å²) < 4.78 is 10.8. The maximum Gasteiger partial charge on any atom is 0.374 e. The number of hydrogen-bond donors (Lipinski definition) is 1. The molecule has 1 aliphatic heterocycles. The molecule has 2 atom stereocenters. The van der Waals surface area contributed by atoms with Crippen molar-refractivity contribution in [3.05, 3.63) is 29.5 Å². The zero-order valence-corrected chi connectivity index (χ0v) is 17.3. The predicted octanol–water partition coefficient (Wildman–Crippen LogP) is 4.18. The van der Waals surface area contributed by atoms with Gasteiger partial charge >= 0.3 is 5.97 Å². The number of rotatable bonds is 5. The lowest BCUT2D eigenvalue weighted by Gasteiger charge is -2.33. The molecule has 2 N–H and O–H groups in total. The van der Waals surface area contributed by atoms with E-state index in [-0.39, 0.29) is 17.7 Å². The zero-order chi connectivity index (χ0) is 20.5. The fourth-order valence-electron chi connectivity index (χ4n) is 5.31. The first-order valence-corrected chi connectivity index (χ1v) is 10.8. The van der Waals surface area contributed by atoms with Crippen LogP contribution in [-0.2, 0) is 9.53 Å². The highest BCUT2D eigenvalue weighted by Gasteiger charge is 2.42. The van der Waals surface area contributed by atoms with Gasteiger partial charge in [0.25, 0.3) is 0 Å². The predicted molar refractivity (Wildman–Crippen MR) is 112 cm³/mol. The molecule has 0 unspecified atom stereocenters. The lowest BCUT2D eigenvalue weighted by Crippen LogP contribution is -2.45. The minimum atomic E-state index is -0.448. The Kier molecular flexibility index (Phi) is 5.52. The number of carbonyl (C=O) groups is 2. The molecule has 1 aromatic carbocycles. The number of aryl methyl sites for hydroxylation is 1. The van der Waals surface area contributed by atoms with Gasteiger partial charge in [-0.1, -0.05) is 32.1 Å². The number of anilines is 1. The second-order valence-electron chi connectivity index (χ2n) is 8.35. The van der Waals surface area contributed by atoms with E-state index in [4.69, 9.17) is 14.9 Å². The van der Waals surface area contributed by atoms with E-state index in [0.29, 0.717) is 24.0 Å². The van der Waals surface area contributed by atoms with Crippen molar-refractivity contribution in [3.8, 4) is 0 Å². The molecule has 156 valence electrons. The fraction of sp³-hybridized carbons (Fsp3) is 0.565. The summed E-state index contributed by atoms with van der Waals surface area (Å²) >= 11 is 0. The maximum absolute atomic E-state index is 12.4. The molecule has 4 rings (SSSR count). The molecule has 2 heterocycles. The number of benzene rings is 1. The molecule has 0 spiro atoms. The minimum absolute atomic E-state index is 0.241. The van der Waals surface area contributed by atoms with Crippen molar-refractivity contribution in [2.75, 3.05) is 18.1 Å². The van der Waals surface area contributed by atoms with Gasteiger partial charge in [0.2, 0.25) is 11.7 Å². The highest BCUT2D eigenvalue weighted by atomic mass is 16.5. The Morgan fingerprint density at radius 1 is 1.21 bits per heavy atom. The number of hydrogen-bond acceptors (Lipinski definition) is 5. The van der Waals surface area contributed by atoms with Crippen molar-refractivity contribution in [1.82, 2.24) is 0 Å². The van der Waals surface area contributed by atoms with Crippen LogP contribution in [0.4, 0.5) is 5.69 Å². The summed E-state index contributed by atoms with van der Waals surface area (Å²) in [6.07, 6.45) is 7.20. The third-order valence-electron chi connectivity index (χ3n) is 6.70. The summed E-state index contributed by atoms with van der Waals surface area (Å²) in [4.78, 5) is 26.7. The zero-order valence-electron chi connectivity index (χ0n) is 17.3. The Labute approximate surface area is 171 Å². The minimum Gasteiger partial charge on any atom is -0.460 e. The van der Waals surface area contributed by atoms with Crippen molar-refractivity contribution >= 4 is 28.5 Å². The van der Waals surface area contributed by atoms with Crippen LogP contribution in [0.3, 0.4) is 0 Å². The molecule has 29 heavy (non-hydrogen) atoms. The standard InChI is InChI=1S/C23H30N2O4/c1-3-28-23(27)21-14(2)18-13-16(9-10-19(18)29-21)25-12-11-17(20(25)22(24)26)15-7-5-4-6-8-15/h9-10,13,15,17,20H,3-8,11-12H2,1-2H3,(H2,24,26)/t17-,20-/m0/s1. The molecule has 2 aliphatic rings. The van der Waals surface area contributed by atoms with Crippen LogP contribution >= 0.6 is 0 Å². The van der Waals surface area contributed by atoms with Gasteiger partial charge in [-0.25, -0.2) is 4.79 Å². The van der Waals surface area contributed by atoms with Crippen LogP contribution in [0.2, 0.25) is 0 Å². The summed E-state index contributed by atoms with van der Waals surface area (Å²) in [6, 6.07) is 5.56. The molecule has 6 nitrogen and oxygen atoms in total. The van der Waals surface area contributed by atoms with Crippen molar-refractivity contribution in [3.63, 3.8) is 0 Å². The Balaban J connectivity index is 1.65. The third kappa shape index (κ3) is 3.61. The molecule has 1 saturated heterocycles. The Bertz CT molecular complexity index is 913. The largest absolute Gasteiger partial charge is 0.460 e. The Morgan fingerprint density at radius 3 is 2.66 bits per heavy atom. The first-order valence-electron chi connectivity index (χ1n) is 10.8. The van der Waals surface area contributed by atoms with Gasteiger partial charge in [-0.05, 0) is 50.3 Å². The van der Waals surface area contributed by atoms with Crippen LogP contribution in [0, 0.1) is 18.8 Å². The van der Waals surface area contributed by atoms with E-state index < -0.39 is 5.97 Å². The number of nitrogens with two attached hydrogens (primary N) is 1. The number of amides is 1. The van der Waals surface area contributed by atoms with Gasteiger partial charge in [0.05, 0.1) is 6.61 Å². The lowest BCUT2D eigenvalue weighted by molar-refractivity contribution is -0.120. The molecule has 0 bridgehead atoms. The smallest absolute Gasteiger partial charge is 0.374 e. The second-order valence-corrected chi connectivity index (χ2v) is 8.35. The van der Waals surface area contributed by atoms with Crippen LogP contribution in [0.1, 0.15) is 61.6 Å². The van der Waals surface area contributed by atoms with Crippen LogP contribution in [0.5, 0.6) is 0 Å². The van der Waals surface area contributed by atoms with E-state index in [1.165, 1.54) is 32.1 Å². The van der Waals surface area contributed by atoms with Crippen LogP contribution in [0.15, 0.2) is 22.6 Å². The molecule has 2 fully saturated rings. The number of esters is 1. The number of ether oxygens (including phenoxy) is 1. The molecule has 1 saturated carbocycles. The Morgan fingerprint density at radius 2 is 1.97 bits per heavy atom.